The molecule has 5 heteroatoms. The van der Waals surface area contributed by atoms with Crippen LogP contribution in [0.3, 0.4) is 0 Å². The number of hydrogen-bond acceptors (Lipinski definition) is 2. The first-order valence-corrected chi connectivity index (χ1v) is 6.77. The number of nitrogens with zero attached hydrogens (tertiary/aromatic N) is 1. The van der Waals surface area contributed by atoms with E-state index >= 15 is 0 Å². The standard InChI is InChI=1S/C13H13BrN2OS/c1-8(13(15)18)7-16-11-4-3-10(14)6-9(11)2-5-12(16)17/h2-6,8H,7H2,1H3,(H2,15,18). The first kappa shape index (κ1) is 13.2. The molecule has 2 aromatic rings. The molecule has 1 heterocycles. The molecule has 0 saturated heterocycles. The van der Waals surface area contributed by atoms with Crippen molar-refractivity contribution in [1.29, 1.82) is 0 Å². The zero-order chi connectivity index (χ0) is 13.3. The molecule has 0 aliphatic heterocycles. The second-order valence-electron chi connectivity index (χ2n) is 4.29. The maximum absolute atomic E-state index is 11.9. The molecule has 0 radical (unpaired) electrons. The molecule has 0 fully saturated rings. The van der Waals surface area contributed by atoms with E-state index in [0.717, 1.165) is 15.4 Å². The van der Waals surface area contributed by atoms with Gasteiger partial charge in [-0.05, 0) is 29.7 Å². The monoisotopic (exact) mass is 324 g/mol. The van der Waals surface area contributed by atoms with Gasteiger partial charge in [-0.15, -0.1) is 0 Å². The van der Waals surface area contributed by atoms with Crippen LogP contribution in [0.25, 0.3) is 10.9 Å². The minimum Gasteiger partial charge on any atom is -0.393 e. The van der Waals surface area contributed by atoms with Crippen LogP contribution in [0, 0.1) is 5.92 Å². The number of thiocarbonyl (C=S) groups is 1. The highest BCUT2D eigenvalue weighted by Crippen LogP contribution is 2.19. The van der Waals surface area contributed by atoms with Gasteiger partial charge in [0.15, 0.2) is 0 Å². The van der Waals surface area contributed by atoms with Gasteiger partial charge >= 0.3 is 0 Å². The molecule has 0 spiro atoms. The molecule has 0 aliphatic carbocycles. The summed E-state index contributed by atoms with van der Waals surface area (Å²) in [6.45, 7) is 2.43. The molecule has 3 nitrogen and oxygen atoms in total. The summed E-state index contributed by atoms with van der Waals surface area (Å²) in [5.41, 5.74) is 6.47. The lowest BCUT2D eigenvalue weighted by atomic mass is 10.1. The van der Waals surface area contributed by atoms with Crippen molar-refractivity contribution in [3.05, 3.63) is 45.2 Å². The topological polar surface area (TPSA) is 48.0 Å². The summed E-state index contributed by atoms with van der Waals surface area (Å²) in [5, 5.41) is 1.01. The summed E-state index contributed by atoms with van der Waals surface area (Å²) in [6, 6.07) is 9.22. The quantitative estimate of drug-likeness (QED) is 0.883. The van der Waals surface area contributed by atoms with Gasteiger partial charge in [0, 0.05) is 23.0 Å². The molecule has 1 aromatic carbocycles. The first-order valence-electron chi connectivity index (χ1n) is 5.57. The van der Waals surface area contributed by atoms with E-state index in [0.29, 0.717) is 11.5 Å². The number of pyridine rings is 1. The van der Waals surface area contributed by atoms with Crippen LogP contribution in [0.4, 0.5) is 0 Å². The number of halogens is 1. The van der Waals surface area contributed by atoms with E-state index < -0.39 is 0 Å². The Bertz CT molecular complexity index is 666. The van der Waals surface area contributed by atoms with Crippen molar-refractivity contribution in [2.75, 3.05) is 0 Å². The van der Waals surface area contributed by atoms with Crippen LogP contribution in [0.15, 0.2) is 39.6 Å². The Balaban J connectivity index is 2.58. The minimum absolute atomic E-state index is 0.00746. The van der Waals surface area contributed by atoms with Crippen molar-refractivity contribution >= 4 is 44.0 Å². The van der Waals surface area contributed by atoms with Crippen LogP contribution >= 0.6 is 28.1 Å². The van der Waals surface area contributed by atoms with Crippen molar-refractivity contribution in [1.82, 2.24) is 4.57 Å². The minimum atomic E-state index is -0.0343. The summed E-state index contributed by atoms with van der Waals surface area (Å²) in [5.74, 6) is -0.00746. The number of fused-ring (bicyclic) bond motifs is 1. The smallest absolute Gasteiger partial charge is 0.251 e. The fourth-order valence-electron chi connectivity index (χ4n) is 1.83. The largest absolute Gasteiger partial charge is 0.393 e. The molecule has 1 unspecified atom stereocenters. The Labute approximate surface area is 119 Å². The van der Waals surface area contributed by atoms with Gasteiger partial charge in [-0.2, -0.15) is 0 Å². The third-order valence-electron chi connectivity index (χ3n) is 2.89. The Hall–Kier alpha value is -1.20. The van der Waals surface area contributed by atoms with Gasteiger partial charge < -0.3 is 10.3 Å². The van der Waals surface area contributed by atoms with E-state index in [1.165, 1.54) is 0 Å². The fraction of sp³-hybridized carbons (Fsp3) is 0.231. The Morgan fingerprint density at radius 2 is 2.17 bits per heavy atom. The van der Waals surface area contributed by atoms with Gasteiger partial charge in [0.05, 0.1) is 10.5 Å². The Morgan fingerprint density at radius 3 is 2.83 bits per heavy atom. The van der Waals surface area contributed by atoms with Crippen LogP contribution in [-0.2, 0) is 6.54 Å². The second-order valence-corrected chi connectivity index (χ2v) is 5.68. The molecular formula is C13H13BrN2OS. The average molecular weight is 325 g/mol. The predicted molar refractivity (Wildman–Crippen MR) is 81.9 cm³/mol. The lowest BCUT2D eigenvalue weighted by Gasteiger charge is -2.14. The van der Waals surface area contributed by atoms with Crippen molar-refractivity contribution < 1.29 is 0 Å². The third-order valence-corrected chi connectivity index (χ3v) is 3.79. The first-order chi connectivity index (χ1) is 8.49. The van der Waals surface area contributed by atoms with Gasteiger partial charge in [0.2, 0.25) is 0 Å². The molecule has 0 saturated carbocycles. The number of hydrogen-bond donors (Lipinski definition) is 1. The summed E-state index contributed by atoms with van der Waals surface area (Å²) < 4.78 is 2.70. The summed E-state index contributed by atoms with van der Waals surface area (Å²) in [4.78, 5) is 12.4. The SMILES string of the molecule is CC(Cn1c(=O)ccc2cc(Br)ccc21)C(N)=S. The van der Waals surface area contributed by atoms with Gasteiger partial charge in [0.25, 0.3) is 5.56 Å². The van der Waals surface area contributed by atoms with Crippen molar-refractivity contribution in [2.45, 2.75) is 13.5 Å². The molecule has 0 aliphatic rings. The average Bonchev–Trinajstić information content (AvgIpc) is 2.32. The molecule has 1 atom stereocenters. The van der Waals surface area contributed by atoms with Crippen LogP contribution in [0.5, 0.6) is 0 Å². The fourth-order valence-corrected chi connectivity index (χ4v) is 2.28. The van der Waals surface area contributed by atoms with E-state index in [4.69, 9.17) is 18.0 Å². The van der Waals surface area contributed by atoms with E-state index in [-0.39, 0.29) is 11.5 Å². The number of benzene rings is 1. The van der Waals surface area contributed by atoms with E-state index in [9.17, 15) is 4.79 Å². The summed E-state index contributed by atoms with van der Waals surface area (Å²) in [6.07, 6.45) is 0. The lowest BCUT2D eigenvalue weighted by Crippen LogP contribution is -2.28. The maximum atomic E-state index is 11.9. The van der Waals surface area contributed by atoms with Crippen LogP contribution in [0.1, 0.15) is 6.92 Å². The summed E-state index contributed by atoms with van der Waals surface area (Å²) in [7, 11) is 0. The van der Waals surface area contributed by atoms with E-state index in [1.807, 2.05) is 31.2 Å². The van der Waals surface area contributed by atoms with Gasteiger partial charge in [-0.3, -0.25) is 4.79 Å². The number of rotatable bonds is 3. The van der Waals surface area contributed by atoms with Crippen molar-refractivity contribution in [3.8, 4) is 0 Å². The Kier molecular flexibility index (Phi) is 3.82. The highest BCUT2D eigenvalue weighted by Gasteiger charge is 2.10. The molecule has 0 amide bonds. The molecular weight excluding hydrogens is 312 g/mol. The van der Waals surface area contributed by atoms with Crippen LogP contribution < -0.4 is 11.3 Å². The zero-order valence-electron chi connectivity index (χ0n) is 9.89. The predicted octanol–water partition coefficient (Wildman–Crippen LogP) is 2.69. The van der Waals surface area contributed by atoms with E-state index in [2.05, 4.69) is 15.9 Å². The van der Waals surface area contributed by atoms with E-state index in [1.54, 1.807) is 10.6 Å². The molecule has 94 valence electrons. The van der Waals surface area contributed by atoms with Gasteiger partial charge in [-0.1, -0.05) is 35.1 Å². The highest BCUT2D eigenvalue weighted by atomic mass is 79.9. The van der Waals surface area contributed by atoms with Gasteiger partial charge in [0.1, 0.15) is 0 Å². The zero-order valence-corrected chi connectivity index (χ0v) is 12.3. The number of nitrogens with two attached hydrogens (primary N) is 1. The molecule has 2 N–H and O–H groups in total. The molecule has 0 bridgehead atoms. The molecule has 1 aromatic heterocycles. The lowest BCUT2D eigenvalue weighted by molar-refractivity contribution is 0.599. The van der Waals surface area contributed by atoms with Gasteiger partial charge in [-0.25, -0.2) is 0 Å². The van der Waals surface area contributed by atoms with Crippen molar-refractivity contribution in [2.24, 2.45) is 11.7 Å². The molecule has 2 rings (SSSR count). The van der Waals surface area contributed by atoms with Crippen molar-refractivity contribution in [3.63, 3.8) is 0 Å². The normalized spacial score (nSPS) is 12.6. The Morgan fingerprint density at radius 1 is 1.44 bits per heavy atom. The highest BCUT2D eigenvalue weighted by molar-refractivity contribution is 9.10. The molecule has 18 heavy (non-hydrogen) atoms. The maximum Gasteiger partial charge on any atom is 0.251 e. The third kappa shape index (κ3) is 2.62. The second kappa shape index (κ2) is 5.20. The van der Waals surface area contributed by atoms with Crippen LogP contribution in [-0.4, -0.2) is 9.56 Å². The summed E-state index contributed by atoms with van der Waals surface area (Å²) >= 11 is 8.38. The van der Waals surface area contributed by atoms with Crippen LogP contribution in [0.2, 0.25) is 0 Å². The number of aromatic nitrogens is 1.